The van der Waals surface area contributed by atoms with E-state index in [4.69, 9.17) is 5.10 Å². The summed E-state index contributed by atoms with van der Waals surface area (Å²) in [6.45, 7) is 2.25. The standard InChI is InChI=1S/C15H27N3/c1-3-4-7-13(16-2)12-14-10-11-18(17-14)15-8-5-6-9-15/h10-11,13,15-16H,3-9,12H2,1-2H3. The number of aromatic nitrogens is 2. The zero-order valence-electron chi connectivity index (χ0n) is 11.9. The van der Waals surface area contributed by atoms with Crippen LogP contribution < -0.4 is 5.32 Å². The molecule has 1 atom stereocenters. The summed E-state index contributed by atoms with van der Waals surface area (Å²) in [6, 6.07) is 3.45. The van der Waals surface area contributed by atoms with Crippen LogP contribution in [0.4, 0.5) is 0 Å². The summed E-state index contributed by atoms with van der Waals surface area (Å²) < 4.78 is 2.20. The molecule has 1 aliphatic rings. The van der Waals surface area contributed by atoms with Gasteiger partial charge in [-0.05, 0) is 32.4 Å². The molecule has 1 saturated carbocycles. The van der Waals surface area contributed by atoms with Crippen LogP contribution in [0.1, 0.15) is 63.6 Å². The number of unbranched alkanes of at least 4 members (excludes halogenated alkanes) is 1. The molecule has 1 aromatic rings. The lowest BCUT2D eigenvalue weighted by molar-refractivity contribution is 0.452. The molecule has 2 rings (SSSR count). The Hall–Kier alpha value is -0.830. The third-order valence-electron chi connectivity index (χ3n) is 4.13. The van der Waals surface area contributed by atoms with Crippen molar-refractivity contribution in [3.8, 4) is 0 Å². The van der Waals surface area contributed by atoms with E-state index >= 15 is 0 Å². The molecular weight excluding hydrogens is 222 g/mol. The fraction of sp³-hybridized carbons (Fsp3) is 0.800. The summed E-state index contributed by atoms with van der Waals surface area (Å²) in [6.07, 6.45) is 12.4. The monoisotopic (exact) mass is 249 g/mol. The Morgan fingerprint density at radius 1 is 1.44 bits per heavy atom. The number of nitrogens with zero attached hydrogens (tertiary/aromatic N) is 2. The first kappa shape index (κ1) is 13.6. The van der Waals surface area contributed by atoms with Gasteiger partial charge < -0.3 is 5.32 Å². The summed E-state index contributed by atoms with van der Waals surface area (Å²) >= 11 is 0. The van der Waals surface area contributed by atoms with Crippen molar-refractivity contribution in [3.63, 3.8) is 0 Å². The minimum atomic E-state index is 0.580. The molecule has 0 bridgehead atoms. The molecule has 1 fully saturated rings. The second-order valence-electron chi connectivity index (χ2n) is 5.56. The molecule has 18 heavy (non-hydrogen) atoms. The second kappa shape index (κ2) is 6.93. The minimum Gasteiger partial charge on any atom is -0.317 e. The van der Waals surface area contributed by atoms with Crippen molar-refractivity contribution in [3.05, 3.63) is 18.0 Å². The SMILES string of the molecule is CCCCC(Cc1ccn(C2CCCC2)n1)NC. The number of hydrogen-bond donors (Lipinski definition) is 1. The lowest BCUT2D eigenvalue weighted by Gasteiger charge is -2.14. The Labute approximate surface area is 111 Å². The van der Waals surface area contributed by atoms with Gasteiger partial charge in [0.15, 0.2) is 0 Å². The van der Waals surface area contributed by atoms with Crippen molar-refractivity contribution in [2.24, 2.45) is 0 Å². The van der Waals surface area contributed by atoms with Crippen LogP contribution in [-0.4, -0.2) is 22.9 Å². The maximum Gasteiger partial charge on any atom is 0.0640 e. The maximum absolute atomic E-state index is 4.76. The van der Waals surface area contributed by atoms with Gasteiger partial charge in [0, 0.05) is 18.7 Å². The largest absolute Gasteiger partial charge is 0.317 e. The summed E-state index contributed by atoms with van der Waals surface area (Å²) in [5.74, 6) is 0. The Kier molecular flexibility index (Phi) is 5.24. The van der Waals surface area contributed by atoms with Gasteiger partial charge in [0.1, 0.15) is 0 Å². The maximum atomic E-state index is 4.76. The second-order valence-corrected chi connectivity index (χ2v) is 5.56. The van der Waals surface area contributed by atoms with Gasteiger partial charge in [-0.15, -0.1) is 0 Å². The van der Waals surface area contributed by atoms with E-state index in [9.17, 15) is 0 Å². The van der Waals surface area contributed by atoms with Crippen LogP contribution in [0.25, 0.3) is 0 Å². The molecule has 1 aromatic heterocycles. The molecule has 1 aliphatic carbocycles. The minimum absolute atomic E-state index is 0.580. The van der Waals surface area contributed by atoms with Crippen LogP contribution in [0.2, 0.25) is 0 Å². The van der Waals surface area contributed by atoms with Crippen molar-refractivity contribution in [2.75, 3.05) is 7.05 Å². The smallest absolute Gasteiger partial charge is 0.0640 e. The molecule has 1 heterocycles. The van der Waals surface area contributed by atoms with Crippen LogP contribution in [0.15, 0.2) is 12.3 Å². The first-order valence-electron chi connectivity index (χ1n) is 7.54. The zero-order valence-corrected chi connectivity index (χ0v) is 11.9. The number of rotatable bonds is 7. The van der Waals surface area contributed by atoms with E-state index in [1.165, 1.54) is 50.6 Å². The van der Waals surface area contributed by atoms with E-state index in [1.807, 2.05) is 0 Å². The third kappa shape index (κ3) is 3.58. The highest BCUT2D eigenvalue weighted by Crippen LogP contribution is 2.28. The van der Waals surface area contributed by atoms with Gasteiger partial charge in [-0.3, -0.25) is 4.68 Å². The molecule has 0 radical (unpaired) electrons. The molecule has 0 saturated heterocycles. The van der Waals surface area contributed by atoms with E-state index in [-0.39, 0.29) is 0 Å². The van der Waals surface area contributed by atoms with Crippen molar-refractivity contribution in [1.82, 2.24) is 15.1 Å². The van der Waals surface area contributed by atoms with Crippen LogP contribution in [-0.2, 0) is 6.42 Å². The Morgan fingerprint density at radius 3 is 2.89 bits per heavy atom. The fourth-order valence-electron chi connectivity index (χ4n) is 2.91. The lowest BCUT2D eigenvalue weighted by Crippen LogP contribution is -2.27. The Morgan fingerprint density at radius 2 is 2.22 bits per heavy atom. The average Bonchev–Trinajstić information content (AvgIpc) is 3.04. The van der Waals surface area contributed by atoms with E-state index in [0.29, 0.717) is 12.1 Å². The molecule has 1 N–H and O–H groups in total. The molecule has 0 amide bonds. The van der Waals surface area contributed by atoms with Gasteiger partial charge in [0.05, 0.1) is 11.7 Å². The van der Waals surface area contributed by atoms with Crippen molar-refractivity contribution < 1.29 is 0 Å². The van der Waals surface area contributed by atoms with Crippen LogP contribution in [0, 0.1) is 0 Å². The van der Waals surface area contributed by atoms with E-state index in [0.717, 1.165) is 6.42 Å². The van der Waals surface area contributed by atoms with Crippen molar-refractivity contribution in [1.29, 1.82) is 0 Å². The Bertz CT molecular complexity index is 339. The van der Waals surface area contributed by atoms with Gasteiger partial charge in [0.25, 0.3) is 0 Å². The van der Waals surface area contributed by atoms with Gasteiger partial charge >= 0.3 is 0 Å². The van der Waals surface area contributed by atoms with E-state index in [1.54, 1.807) is 0 Å². The van der Waals surface area contributed by atoms with E-state index in [2.05, 4.69) is 36.2 Å². The van der Waals surface area contributed by atoms with Crippen molar-refractivity contribution in [2.45, 2.75) is 70.4 Å². The quantitative estimate of drug-likeness (QED) is 0.803. The average molecular weight is 249 g/mol. The molecule has 0 spiro atoms. The number of nitrogens with one attached hydrogen (secondary N) is 1. The Balaban J connectivity index is 1.88. The molecule has 0 aliphatic heterocycles. The molecule has 1 unspecified atom stereocenters. The summed E-state index contributed by atoms with van der Waals surface area (Å²) in [5, 5.41) is 8.18. The lowest BCUT2D eigenvalue weighted by atomic mass is 10.1. The summed E-state index contributed by atoms with van der Waals surface area (Å²) in [4.78, 5) is 0. The van der Waals surface area contributed by atoms with E-state index < -0.39 is 0 Å². The summed E-state index contributed by atoms with van der Waals surface area (Å²) in [7, 11) is 2.06. The highest BCUT2D eigenvalue weighted by molar-refractivity contribution is 5.02. The topological polar surface area (TPSA) is 29.9 Å². The summed E-state index contributed by atoms with van der Waals surface area (Å²) in [5.41, 5.74) is 1.25. The molecule has 3 heteroatoms. The van der Waals surface area contributed by atoms with Gasteiger partial charge in [-0.2, -0.15) is 5.10 Å². The van der Waals surface area contributed by atoms with Gasteiger partial charge in [-0.25, -0.2) is 0 Å². The van der Waals surface area contributed by atoms with Crippen LogP contribution >= 0.6 is 0 Å². The normalized spacial score (nSPS) is 18.3. The number of hydrogen-bond acceptors (Lipinski definition) is 2. The molecule has 0 aromatic carbocycles. The fourth-order valence-corrected chi connectivity index (χ4v) is 2.91. The van der Waals surface area contributed by atoms with Gasteiger partial charge in [-0.1, -0.05) is 32.6 Å². The molecule has 3 nitrogen and oxygen atoms in total. The van der Waals surface area contributed by atoms with Gasteiger partial charge in [0.2, 0.25) is 0 Å². The first-order chi connectivity index (χ1) is 8.83. The number of likely N-dealkylation sites (N-methyl/N-ethyl adjacent to an activating group) is 1. The predicted molar refractivity (Wildman–Crippen MR) is 75.8 cm³/mol. The molecular formula is C15H27N3. The predicted octanol–water partition coefficient (Wildman–Crippen LogP) is 3.32. The zero-order chi connectivity index (χ0) is 12.8. The highest BCUT2D eigenvalue weighted by Gasteiger charge is 2.18. The van der Waals surface area contributed by atoms with Crippen molar-refractivity contribution >= 4 is 0 Å². The van der Waals surface area contributed by atoms with Crippen LogP contribution in [0.3, 0.4) is 0 Å². The third-order valence-corrected chi connectivity index (χ3v) is 4.13. The highest BCUT2D eigenvalue weighted by atomic mass is 15.3. The molecule has 102 valence electrons. The van der Waals surface area contributed by atoms with Crippen LogP contribution in [0.5, 0.6) is 0 Å². The first-order valence-corrected chi connectivity index (χ1v) is 7.54.